The van der Waals surface area contributed by atoms with E-state index in [2.05, 4.69) is 27.6 Å². The Morgan fingerprint density at radius 2 is 2.08 bits per heavy atom. The second-order valence-corrected chi connectivity index (χ2v) is 4.22. The summed E-state index contributed by atoms with van der Waals surface area (Å²) in [5, 5.41) is 1.59. The van der Waals surface area contributed by atoms with Gasteiger partial charge in [-0.15, -0.1) is 0 Å². The lowest BCUT2D eigenvalue weighted by Crippen LogP contribution is -1.92. The van der Waals surface area contributed by atoms with Crippen molar-refractivity contribution in [3.05, 3.63) is 33.0 Å². The summed E-state index contributed by atoms with van der Waals surface area (Å²) < 4.78 is 1.000. The molecule has 4 heteroatoms. The van der Waals surface area contributed by atoms with Gasteiger partial charge in [0.2, 0.25) is 0 Å². The fourth-order valence-electron chi connectivity index (χ4n) is 1.18. The number of aromatic nitrogens is 1. The summed E-state index contributed by atoms with van der Waals surface area (Å²) in [6.07, 6.45) is 1.66. The highest BCUT2D eigenvalue weighted by Crippen LogP contribution is 2.28. The Labute approximate surface area is 94.2 Å². The van der Waals surface area contributed by atoms with E-state index in [1.54, 1.807) is 12.3 Å². The van der Waals surface area contributed by atoms with Crippen molar-refractivity contribution in [3.8, 4) is 0 Å². The second-order valence-electron chi connectivity index (χ2n) is 2.65. The van der Waals surface area contributed by atoms with Gasteiger partial charge >= 0.3 is 0 Å². The lowest BCUT2D eigenvalue weighted by atomic mass is 10.2. The van der Waals surface area contributed by atoms with Crippen molar-refractivity contribution in [2.45, 2.75) is 0 Å². The molecule has 13 heavy (non-hydrogen) atoms. The molecule has 0 aliphatic carbocycles. The molecule has 0 amide bonds. The molecule has 1 aromatic heterocycles. The maximum atomic E-state index is 5.98. The Kier molecular flexibility index (Phi) is 2.29. The molecule has 0 aliphatic rings. The van der Waals surface area contributed by atoms with E-state index < -0.39 is 0 Å². The van der Waals surface area contributed by atoms with Crippen molar-refractivity contribution in [2.75, 3.05) is 5.73 Å². The summed E-state index contributed by atoms with van der Waals surface area (Å²) in [5.74, 6) is 0. The van der Waals surface area contributed by atoms with Crippen molar-refractivity contribution >= 4 is 50.8 Å². The summed E-state index contributed by atoms with van der Waals surface area (Å²) in [5.41, 5.74) is 7.33. The van der Waals surface area contributed by atoms with E-state index >= 15 is 0 Å². The average molecular weight is 305 g/mol. The van der Waals surface area contributed by atoms with E-state index in [1.165, 1.54) is 0 Å². The van der Waals surface area contributed by atoms with Gasteiger partial charge in [0.05, 0.1) is 16.2 Å². The highest BCUT2D eigenvalue weighted by Gasteiger charge is 2.05. The SMILES string of the molecule is Nc1c(I)ccc2c(Cl)ccnc12. The monoisotopic (exact) mass is 304 g/mol. The van der Waals surface area contributed by atoms with E-state index in [-0.39, 0.29) is 0 Å². The number of hydrogen-bond acceptors (Lipinski definition) is 2. The molecule has 66 valence electrons. The number of pyridine rings is 1. The van der Waals surface area contributed by atoms with Gasteiger partial charge in [-0.2, -0.15) is 0 Å². The van der Waals surface area contributed by atoms with Gasteiger partial charge in [0.15, 0.2) is 0 Å². The number of anilines is 1. The van der Waals surface area contributed by atoms with Crippen molar-refractivity contribution in [1.29, 1.82) is 0 Å². The topological polar surface area (TPSA) is 38.9 Å². The van der Waals surface area contributed by atoms with Gasteiger partial charge in [0.1, 0.15) is 0 Å². The molecule has 0 atom stereocenters. The highest BCUT2D eigenvalue weighted by molar-refractivity contribution is 14.1. The molecule has 1 heterocycles. The van der Waals surface area contributed by atoms with Crippen LogP contribution in [0.25, 0.3) is 10.9 Å². The number of halogens is 2. The number of fused-ring (bicyclic) bond motifs is 1. The normalized spacial score (nSPS) is 10.6. The first-order valence-corrected chi connectivity index (χ1v) is 5.14. The Hall–Kier alpha value is -0.550. The number of nitrogens with two attached hydrogens (primary N) is 1. The van der Waals surface area contributed by atoms with Crippen LogP contribution in [-0.4, -0.2) is 4.98 Å². The minimum absolute atomic E-state index is 0.688. The smallest absolute Gasteiger partial charge is 0.0957 e. The molecule has 0 unspecified atom stereocenters. The first kappa shape index (κ1) is 9.02. The Bertz CT molecular complexity index is 470. The third kappa shape index (κ3) is 1.46. The molecule has 2 aromatic rings. The zero-order chi connectivity index (χ0) is 9.42. The zero-order valence-electron chi connectivity index (χ0n) is 6.59. The fourth-order valence-corrected chi connectivity index (χ4v) is 1.83. The maximum absolute atomic E-state index is 5.98. The van der Waals surface area contributed by atoms with Crippen LogP contribution in [0.3, 0.4) is 0 Å². The van der Waals surface area contributed by atoms with Crippen molar-refractivity contribution in [3.63, 3.8) is 0 Å². The molecule has 2 rings (SSSR count). The third-order valence-electron chi connectivity index (χ3n) is 1.85. The summed E-state index contributed by atoms with van der Waals surface area (Å²) in [4.78, 5) is 4.19. The van der Waals surface area contributed by atoms with Crippen molar-refractivity contribution in [2.24, 2.45) is 0 Å². The van der Waals surface area contributed by atoms with Crippen LogP contribution in [0.1, 0.15) is 0 Å². The quantitative estimate of drug-likeness (QED) is 0.600. The molecular formula is C9H6ClIN2. The molecule has 2 nitrogen and oxygen atoms in total. The predicted molar refractivity (Wildman–Crippen MR) is 63.9 cm³/mol. The maximum Gasteiger partial charge on any atom is 0.0957 e. The highest BCUT2D eigenvalue weighted by atomic mass is 127. The van der Waals surface area contributed by atoms with Gasteiger partial charge in [-0.1, -0.05) is 17.7 Å². The largest absolute Gasteiger partial charge is 0.396 e. The van der Waals surface area contributed by atoms with E-state index in [0.29, 0.717) is 10.7 Å². The molecule has 0 saturated carbocycles. The van der Waals surface area contributed by atoms with E-state index in [0.717, 1.165) is 14.5 Å². The Balaban J connectivity index is 2.94. The molecule has 0 bridgehead atoms. The first-order valence-electron chi connectivity index (χ1n) is 3.68. The second kappa shape index (κ2) is 3.31. The number of hydrogen-bond donors (Lipinski definition) is 1. The molecular weight excluding hydrogens is 298 g/mol. The number of rotatable bonds is 0. The number of nitrogen functional groups attached to an aromatic ring is 1. The van der Waals surface area contributed by atoms with E-state index in [1.807, 2.05) is 12.1 Å². The summed E-state index contributed by atoms with van der Waals surface area (Å²) >= 11 is 8.16. The minimum Gasteiger partial charge on any atom is -0.396 e. The van der Waals surface area contributed by atoms with Gasteiger partial charge < -0.3 is 5.73 Å². The third-order valence-corrected chi connectivity index (χ3v) is 3.12. The average Bonchev–Trinajstić information content (AvgIpc) is 2.12. The first-order chi connectivity index (χ1) is 6.20. The van der Waals surface area contributed by atoms with E-state index in [9.17, 15) is 0 Å². The molecule has 2 N–H and O–H groups in total. The molecule has 0 spiro atoms. The summed E-state index contributed by atoms with van der Waals surface area (Å²) in [7, 11) is 0. The standard InChI is InChI=1S/C9H6ClIN2/c10-6-3-4-13-9-5(6)1-2-7(11)8(9)12/h1-4H,12H2. The molecule has 0 radical (unpaired) electrons. The van der Waals surface area contributed by atoms with Crippen LogP contribution in [0.4, 0.5) is 5.69 Å². The minimum atomic E-state index is 0.688. The lowest BCUT2D eigenvalue weighted by Gasteiger charge is -2.03. The van der Waals surface area contributed by atoms with Crippen LogP contribution in [0, 0.1) is 3.57 Å². The van der Waals surface area contributed by atoms with Gasteiger partial charge in [-0.25, -0.2) is 0 Å². The van der Waals surface area contributed by atoms with Crippen LogP contribution in [0.5, 0.6) is 0 Å². The zero-order valence-corrected chi connectivity index (χ0v) is 9.50. The van der Waals surface area contributed by atoms with Gasteiger partial charge in [-0.05, 0) is 34.7 Å². The number of nitrogens with zero attached hydrogens (tertiary/aromatic N) is 1. The van der Waals surface area contributed by atoms with Crippen LogP contribution in [-0.2, 0) is 0 Å². The molecule has 0 aliphatic heterocycles. The summed E-state index contributed by atoms with van der Waals surface area (Å²) in [6, 6.07) is 5.63. The van der Waals surface area contributed by atoms with Crippen LogP contribution in [0.2, 0.25) is 5.02 Å². The predicted octanol–water partition coefficient (Wildman–Crippen LogP) is 3.08. The van der Waals surface area contributed by atoms with Crippen molar-refractivity contribution < 1.29 is 0 Å². The number of benzene rings is 1. The van der Waals surface area contributed by atoms with Crippen molar-refractivity contribution in [1.82, 2.24) is 4.98 Å². The fraction of sp³-hybridized carbons (Fsp3) is 0. The molecule has 1 aromatic carbocycles. The molecule has 0 saturated heterocycles. The molecule has 0 fully saturated rings. The van der Waals surface area contributed by atoms with Crippen LogP contribution in [0.15, 0.2) is 24.4 Å². The van der Waals surface area contributed by atoms with Crippen LogP contribution >= 0.6 is 34.2 Å². The van der Waals surface area contributed by atoms with Gasteiger partial charge in [-0.3, -0.25) is 4.98 Å². The Morgan fingerprint density at radius 1 is 1.31 bits per heavy atom. The van der Waals surface area contributed by atoms with Crippen LogP contribution < -0.4 is 5.73 Å². The van der Waals surface area contributed by atoms with Gasteiger partial charge in [0, 0.05) is 15.2 Å². The summed E-state index contributed by atoms with van der Waals surface area (Å²) in [6.45, 7) is 0. The Morgan fingerprint density at radius 3 is 2.85 bits per heavy atom. The van der Waals surface area contributed by atoms with E-state index in [4.69, 9.17) is 17.3 Å². The van der Waals surface area contributed by atoms with Gasteiger partial charge in [0.25, 0.3) is 0 Å². The lowest BCUT2D eigenvalue weighted by molar-refractivity contribution is 1.41.